The second-order valence-electron chi connectivity index (χ2n) is 5.61. The molecule has 0 radical (unpaired) electrons. The van der Waals surface area contributed by atoms with Crippen LogP contribution in [0.4, 0.5) is 0 Å². The largest absolute Gasteiger partial charge is 0.466 e. The molecule has 4 aliphatic carbocycles. The number of ether oxygens (including phenoxy) is 1. The minimum Gasteiger partial charge on any atom is -0.466 e. The fraction of sp³-hybridized carbons (Fsp3) is 0.786. The van der Waals surface area contributed by atoms with Crippen LogP contribution in [0.3, 0.4) is 0 Å². The molecule has 16 heavy (non-hydrogen) atoms. The summed E-state index contributed by atoms with van der Waals surface area (Å²) in [6.07, 6.45) is 10.7. The van der Waals surface area contributed by atoms with Gasteiger partial charge in [0.25, 0.3) is 0 Å². The monoisotopic (exact) mass is 222 g/mol. The van der Waals surface area contributed by atoms with E-state index >= 15 is 0 Å². The summed E-state index contributed by atoms with van der Waals surface area (Å²) >= 11 is 0. The highest BCUT2D eigenvalue weighted by Crippen LogP contribution is 2.53. The molecule has 0 atom stereocenters. The average molecular weight is 222 g/mol. The first-order valence-corrected chi connectivity index (χ1v) is 6.41. The van der Waals surface area contributed by atoms with Crippen molar-refractivity contribution < 1.29 is 9.53 Å². The summed E-state index contributed by atoms with van der Waals surface area (Å²) in [5.41, 5.74) is 0. The summed E-state index contributed by atoms with van der Waals surface area (Å²) in [6, 6.07) is 0. The Morgan fingerprint density at radius 2 is 1.31 bits per heavy atom. The first kappa shape index (κ1) is 11.7. The van der Waals surface area contributed by atoms with Crippen molar-refractivity contribution in [2.24, 2.45) is 23.7 Å². The number of hydrogen-bond donors (Lipinski definition) is 0. The van der Waals surface area contributed by atoms with Gasteiger partial charge in [-0.15, -0.1) is 0 Å². The van der Waals surface area contributed by atoms with Crippen molar-refractivity contribution in [2.45, 2.75) is 38.5 Å². The van der Waals surface area contributed by atoms with Crippen molar-refractivity contribution in [2.75, 3.05) is 7.11 Å². The Balaban J connectivity index is 0.000000142. The van der Waals surface area contributed by atoms with Crippen molar-refractivity contribution in [1.29, 1.82) is 0 Å². The minimum atomic E-state index is -0.394. The van der Waals surface area contributed by atoms with Crippen LogP contribution >= 0.6 is 0 Å². The molecule has 0 aromatic carbocycles. The lowest BCUT2D eigenvalue weighted by Gasteiger charge is -2.49. The molecule has 0 unspecified atom stereocenters. The van der Waals surface area contributed by atoms with E-state index in [1.165, 1.54) is 30.8 Å². The zero-order chi connectivity index (χ0) is 11.5. The van der Waals surface area contributed by atoms with Crippen molar-refractivity contribution in [1.82, 2.24) is 0 Å². The smallest absolute Gasteiger partial charge is 0.329 e. The van der Waals surface area contributed by atoms with E-state index in [1.54, 1.807) is 38.5 Å². The Morgan fingerprint density at radius 3 is 1.44 bits per heavy atom. The lowest BCUT2D eigenvalue weighted by Crippen LogP contribution is -2.38. The van der Waals surface area contributed by atoms with Gasteiger partial charge in [-0.2, -0.15) is 0 Å². The Morgan fingerprint density at radius 1 is 1.00 bits per heavy atom. The molecule has 0 aromatic heterocycles. The molecule has 2 heteroatoms. The van der Waals surface area contributed by atoms with Gasteiger partial charge in [0.05, 0.1) is 7.11 Å². The molecular weight excluding hydrogens is 200 g/mol. The van der Waals surface area contributed by atoms with E-state index in [4.69, 9.17) is 0 Å². The van der Waals surface area contributed by atoms with E-state index in [0.717, 1.165) is 6.08 Å². The van der Waals surface area contributed by atoms with Gasteiger partial charge in [-0.25, -0.2) is 4.79 Å². The number of methoxy groups -OCH3 is 1. The number of carbonyl (C=O) groups excluding carboxylic acids is 1. The molecule has 2 nitrogen and oxygen atoms in total. The van der Waals surface area contributed by atoms with Gasteiger partial charge in [-0.1, -0.05) is 6.58 Å². The Labute approximate surface area is 98.1 Å². The quantitative estimate of drug-likeness (QED) is 0.503. The fourth-order valence-electron chi connectivity index (χ4n) is 4.07. The summed E-state index contributed by atoms with van der Waals surface area (Å²) in [5, 5.41) is 0. The van der Waals surface area contributed by atoms with E-state index in [9.17, 15) is 4.79 Å². The molecule has 4 saturated carbocycles. The van der Waals surface area contributed by atoms with Crippen LogP contribution in [-0.4, -0.2) is 13.1 Å². The molecule has 4 rings (SSSR count). The van der Waals surface area contributed by atoms with Crippen molar-refractivity contribution in [3.05, 3.63) is 12.7 Å². The van der Waals surface area contributed by atoms with Crippen LogP contribution < -0.4 is 0 Å². The Hall–Kier alpha value is -0.790. The fourth-order valence-corrected chi connectivity index (χ4v) is 4.07. The minimum absolute atomic E-state index is 0.394. The molecule has 0 amide bonds. The molecule has 4 fully saturated rings. The van der Waals surface area contributed by atoms with Crippen LogP contribution in [-0.2, 0) is 9.53 Å². The van der Waals surface area contributed by atoms with Crippen LogP contribution in [0.2, 0.25) is 0 Å². The molecule has 4 aliphatic rings. The average Bonchev–Trinajstić information content (AvgIpc) is 2.27. The number of carbonyl (C=O) groups is 1. The SMILES string of the molecule is C1C2CC3CC1CC(C2)C3.C=CC(=O)OC. The van der Waals surface area contributed by atoms with Crippen LogP contribution in [0.15, 0.2) is 12.7 Å². The van der Waals surface area contributed by atoms with E-state index in [2.05, 4.69) is 11.3 Å². The Kier molecular flexibility index (Phi) is 3.67. The lowest BCUT2D eigenvalue weighted by atomic mass is 9.56. The van der Waals surface area contributed by atoms with Gasteiger partial charge < -0.3 is 4.74 Å². The summed E-state index contributed by atoms with van der Waals surface area (Å²) < 4.78 is 4.14. The van der Waals surface area contributed by atoms with Gasteiger partial charge in [-0.3, -0.25) is 0 Å². The lowest BCUT2D eigenvalue weighted by molar-refractivity contribution is -0.134. The van der Waals surface area contributed by atoms with E-state index in [1.807, 2.05) is 0 Å². The standard InChI is InChI=1S/C10H16.C4H6O2/c1-7-2-9-4-8(1)5-10(3-7)6-9;1-3-4(5)6-2/h7-10H,1-6H2;3H,1H2,2H3. The highest BCUT2D eigenvalue weighted by atomic mass is 16.5. The van der Waals surface area contributed by atoms with Gasteiger partial charge in [0.1, 0.15) is 0 Å². The molecular formula is C14H22O2. The van der Waals surface area contributed by atoms with Gasteiger partial charge in [0.2, 0.25) is 0 Å². The van der Waals surface area contributed by atoms with Crippen LogP contribution in [0.25, 0.3) is 0 Å². The molecule has 0 spiro atoms. The zero-order valence-electron chi connectivity index (χ0n) is 10.2. The van der Waals surface area contributed by atoms with Crippen LogP contribution in [0.1, 0.15) is 38.5 Å². The summed E-state index contributed by atoms with van der Waals surface area (Å²) in [5.74, 6) is 4.31. The van der Waals surface area contributed by atoms with Gasteiger partial charge in [0, 0.05) is 6.08 Å². The topological polar surface area (TPSA) is 26.3 Å². The van der Waals surface area contributed by atoms with Crippen molar-refractivity contribution in [3.8, 4) is 0 Å². The third-order valence-corrected chi connectivity index (χ3v) is 4.37. The van der Waals surface area contributed by atoms with E-state index in [0.29, 0.717) is 0 Å². The summed E-state index contributed by atoms with van der Waals surface area (Å²) in [6.45, 7) is 3.16. The predicted octanol–water partition coefficient (Wildman–Crippen LogP) is 3.18. The van der Waals surface area contributed by atoms with Crippen molar-refractivity contribution >= 4 is 5.97 Å². The third-order valence-electron chi connectivity index (χ3n) is 4.37. The zero-order valence-corrected chi connectivity index (χ0v) is 10.2. The van der Waals surface area contributed by atoms with Crippen LogP contribution in [0, 0.1) is 23.7 Å². The molecule has 0 N–H and O–H groups in total. The van der Waals surface area contributed by atoms with Gasteiger partial charge in [-0.05, 0) is 62.2 Å². The first-order chi connectivity index (χ1) is 7.71. The molecule has 0 saturated heterocycles. The highest BCUT2D eigenvalue weighted by molar-refractivity contribution is 5.80. The molecule has 4 bridgehead atoms. The van der Waals surface area contributed by atoms with E-state index < -0.39 is 5.97 Å². The molecule has 90 valence electrons. The number of rotatable bonds is 1. The van der Waals surface area contributed by atoms with Gasteiger partial charge >= 0.3 is 5.97 Å². The maximum atomic E-state index is 9.84. The van der Waals surface area contributed by atoms with Crippen molar-refractivity contribution in [3.63, 3.8) is 0 Å². The third kappa shape index (κ3) is 2.66. The summed E-state index contributed by atoms with van der Waals surface area (Å²) in [7, 11) is 1.31. The number of esters is 1. The maximum Gasteiger partial charge on any atom is 0.329 e. The van der Waals surface area contributed by atoms with Gasteiger partial charge in [0.15, 0.2) is 0 Å². The summed E-state index contributed by atoms with van der Waals surface area (Å²) in [4.78, 5) is 9.84. The predicted molar refractivity (Wildman–Crippen MR) is 63.9 cm³/mol. The Bertz CT molecular complexity index is 213. The maximum absolute atomic E-state index is 9.84. The van der Waals surface area contributed by atoms with E-state index in [-0.39, 0.29) is 0 Å². The second kappa shape index (κ2) is 5.03. The second-order valence-corrected chi connectivity index (χ2v) is 5.61. The first-order valence-electron chi connectivity index (χ1n) is 6.41. The molecule has 0 heterocycles. The van der Waals surface area contributed by atoms with Crippen LogP contribution in [0.5, 0.6) is 0 Å². The number of hydrogen-bond acceptors (Lipinski definition) is 2. The normalized spacial score (nSPS) is 38.6. The highest BCUT2D eigenvalue weighted by Gasteiger charge is 2.41. The molecule has 0 aromatic rings. The molecule has 0 aliphatic heterocycles.